The summed E-state index contributed by atoms with van der Waals surface area (Å²) >= 11 is 0. The summed E-state index contributed by atoms with van der Waals surface area (Å²) in [6.07, 6.45) is 1.72. The van der Waals surface area contributed by atoms with E-state index in [1.807, 2.05) is 19.1 Å². The number of fused-ring (bicyclic) bond motifs is 1. The van der Waals surface area contributed by atoms with Gasteiger partial charge in [0.1, 0.15) is 6.04 Å². The molecular formula is C15H16N4O3. The summed E-state index contributed by atoms with van der Waals surface area (Å²) in [6.45, 7) is 2.15. The number of urea groups is 1. The molecule has 22 heavy (non-hydrogen) atoms. The Hall–Kier alpha value is -2.83. The van der Waals surface area contributed by atoms with Crippen LogP contribution in [0.1, 0.15) is 17.0 Å². The van der Waals surface area contributed by atoms with E-state index in [9.17, 15) is 14.7 Å². The third-order valence-corrected chi connectivity index (χ3v) is 3.75. The second-order valence-electron chi connectivity index (χ2n) is 5.31. The number of carbonyl (C=O) groups is 2. The van der Waals surface area contributed by atoms with Gasteiger partial charge in [0.2, 0.25) is 0 Å². The van der Waals surface area contributed by atoms with Crippen LogP contribution in [0.15, 0.2) is 30.6 Å². The third kappa shape index (κ3) is 2.65. The zero-order valence-electron chi connectivity index (χ0n) is 12.0. The van der Waals surface area contributed by atoms with Crippen LogP contribution in [-0.4, -0.2) is 38.0 Å². The number of carboxylic acid groups (broad SMARTS) is 1. The van der Waals surface area contributed by atoms with Crippen molar-refractivity contribution in [2.75, 3.05) is 5.32 Å². The molecule has 7 heteroatoms. The summed E-state index contributed by atoms with van der Waals surface area (Å²) in [6, 6.07) is 5.99. The van der Waals surface area contributed by atoms with Gasteiger partial charge < -0.3 is 20.3 Å². The van der Waals surface area contributed by atoms with Crippen LogP contribution in [0.25, 0.3) is 0 Å². The smallest absolute Gasteiger partial charge is 0.326 e. The number of anilines is 1. The van der Waals surface area contributed by atoms with Gasteiger partial charge >= 0.3 is 12.0 Å². The fraction of sp³-hybridized carbons (Fsp3) is 0.267. The number of carboxylic acids is 1. The van der Waals surface area contributed by atoms with Crippen LogP contribution >= 0.6 is 0 Å². The lowest BCUT2D eigenvalue weighted by atomic mass is 10.0. The van der Waals surface area contributed by atoms with E-state index >= 15 is 0 Å². The quantitative estimate of drug-likeness (QED) is 0.787. The van der Waals surface area contributed by atoms with Crippen LogP contribution in [0.3, 0.4) is 0 Å². The van der Waals surface area contributed by atoms with Gasteiger partial charge in [-0.25, -0.2) is 14.6 Å². The van der Waals surface area contributed by atoms with Gasteiger partial charge in [-0.2, -0.15) is 0 Å². The SMILES string of the molecule is Cc1ccc(NC(=O)N2Cc3[nH]cnc3CC2C(=O)O)cc1. The number of benzene rings is 1. The number of nitrogens with one attached hydrogen (secondary N) is 2. The fourth-order valence-corrected chi connectivity index (χ4v) is 2.50. The fourth-order valence-electron chi connectivity index (χ4n) is 2.50. The number of hydrogen-bond acceptors (Lipinski definition) is 3. The largest absolute Gasteiger partial charge is 0.480 e. The second kappa shape index (κ2) is 5.51. The average Bonchev–Trinajstić information content (AvgIpc) is 2.95. The van der Waals surface area contributed by atoms with Crippen molar-refractivity contribution in [2.24, 2.45) is 0 Å². The Balaban J connectivity index is 1.80. The molecule has 0 saturated heterocycles. The normalized spacial score (nSPS) is 17.0. The minimum Gasteiger partial charge on any atom is -0.480 e. The van der Waals surface area contributed by atoms with Gasteiger partial charge in [-0.1, -0.05) is 17.7 Å². The lowest BCUT2D eigenvalue weighted by molar-refractivity contribution is -0.142. The zero-order chi connectivity index (χ0) is 15.7. The van der Waals surface area contributed by atoms with E-state index in [1.54, 1.807) is 12.1 Å². The number of aromatic amines is 1. The molecule has 1 aliphatic heterocycles. The molecule has 1 aromatic carbocycles. The topological polar surface area (TPSA) is 98.3 Å². The molecule has 114 valence electrons. The number of carbonyl (C=O) groups excluding carboxylic acids is 1. The van der Waals surface area contributed by atoms with Crippen LogP contribution in [0.2, 0.25) is 0 Å². The first-order valence-electron chi connectivity index (χ1n) is 6.93. The van der Waals surface area contributed by atoms with Crippen LogP contribution in [0.5, 0.6) is 0 Å². The van der Waals surface area contributed by atoms with Crippen molar-refractivity contribution in [2.45, 2.75) is 25.9 Å². The molecule has 1 aromatic heterocycles. The molecule has 2 amide bonds. The van der Waals surface area contributed by atoms with Gasteiger partial charge in [0, 0.05) is 12.1 Å². The molecule has 0 saturated carbocycles. The number of hydrogen-bond donors (Lipinski definition) is 3. The molecule has 1 unspecified atom stereocenters. The molecule has 7 nitrogen and oxygen atoms in total. The van der Waals surface area contributed by atoms with Crippen molar-refractivity contribution in [1.82, 2.24) is 14.9 Å². The number of H-pyrrole nitrogens is 1. The van der Waals surface area contributed by atoms with E-state index in [4.69, 9.17) is 0 Å². The average molecular weight is 300 g/mol. The maximum atomic E-state index is 12.4. The minimum atomic E-state index is -1.03. The number of amides is 2. The Morgan fingerprint density at radius 3 is 2.77 bits per heavy atom. The van der Waals surface area contributed by atoms with Crippen molar-refractivity contribution >= 4 is 17.7 Å². The molecule has 0 aliphatic carbocycles. The first-order chi connectivity index (χ1) is 10.5. The van der Waals surface area contributed by atoms with Crippen molar-refractivity contribution in [3.05, 3.63) is 47.5 Å². The van der Waals surface area contributed by atoms with E-state index in [-0.39, 0.29) is 13.0 Å². The third-order valence-electron chi connectivity index (χ3n) is 3.75. The van der Waals surface area contributed by atoms with E-state index in [0.29, 0.717) is 11.4 Å². The van der Waals surface area contributed by atoms with Crippen molar-refractivity contribution < 1.29 is 14.7 Å². The van der Waals surface area contributed by atoms with E-state index in [2.05, 4.69) is 15.3 Å². The van der Waals surface area contributed by atoms with E-state index in [0.717, 1.165) is 11.3 Å². The molecule has 1 aliphatic rings. The molecule has 0 bridgehead atoms. The Bertz CT molecular complexity index is 708. The number of rotatable bonds is 2. The zero-order valence-corrected chi connectivity index (χ0v) is 12.0. The van der Waals surface area contributed by atoms with Gasteiger partial charge in [0.05, 0.1) is 24.3 Å². The highest BCUT2D eigenvalue weighted by atomic mass is 16.4. The second-order valence-corrected chi connectivity index (χ2v) is 5.31. The van der Waals surface area contributed by atoms with Gasteiger partial charge in [-0.05, 0) is 19.1 Å². The Morgan fingerprint density at radius 1 is 1.36 bits per heavy atom. The summed E-state index contributed by atoms with van der Waals surface area (Å²) in [7, 11) is 0. The van der Waals surface area contributed by atoms with Gasteiger partial charge in [0.25, 0.3) is 0 Å². The molecule has 3 N–H and O–H groups in total. The van der Waals surface area contributed by atoms with Crippen LogP contribution < -0.4 is 5.32 Å². The predicted molar refractivity (Wildman–Crippen MR) is 79.5 cm³/mol. The highest BCUT2D eigenvalue weighted by molar-refractivity contribution is 5.92. The standard InChI is InChI=1S/C15H16N4O3/c1-9-2-4-10(5-3-9)18-15(22)19-7-12-11(16-8-17-12)6-13(19)14(20)21/h2-5,8,13H,6-7H2,1H3,(H,16,17)(H,18,22)(H,20,21). The number of nitrogens with zero attached hydrogens (tertiary/aromatic N) is 2. The van der Waals surface area contributed by atoms with Gasteiger partial charge in [-0.3, -0.25) is 0 Å². The summed E-state index contributed by atoms with van der Waals surface area (Å²) < 4.78 is 0. The van der Waals surface area contributed by atoms with E-state index < -0.39 is 18.0 Å². The van der Waals surface area contributed by atoms with Crippen molar-refractivity contribution in [3.8, 4) is 0 Å². The maximum Gasteiger partial charge on any atom is 0.326 e. The number of aromatic nitrogens is 2. The van der Waals surface area contributed by atoms with Crippen LogP contribution in [-0.2, 0) is 17.8 Å². The summed E-state index contributed by atoms with van der Waals surface area (Å²) in [5.74, 6) is -1.03. The highest BCUT2D eigenvalue weighted by Gasteiger charge is 2.36. The first-order valence-corrected chi connectivity index (χ1v) is 6.93. The first kappa shape index (κ1) is 14.1. The molecule has 1 atom stereocenters. The maximum absolute atomic E-state index is 12.4. The Morgan fingerprint density at radius 2 is 2.09 bits per heavy atom. The molecule has 0 spiro atoms. The molecule has 2 aromatic rings. The Kier molecular flexibility index (Phi) is 3.54. The van der Waals surface area contributed by atoms with Crippen molar-refractivity contribution in [3.63, 3.8) is 0 Å². The molecular weight excluding hydrogens is 284 g/mol. The highest BCUT2D eigenvalue weighted by Crippen LogP contribution is 2.22. The minimum absolute atomic E-state index is 0.198. The monoisotopic (exact) mass is 300 g/mol. The van der Waals surface area contributed by atoms with Crippen molar-refractivity contribution in [1.29, 1.82) is 0 Å². The summed E-state index contributed by atoms with van der Waals surface area (Å²) in [5.41, 5.74) is 3.19. The molecule has 3 rings (SSSR count). The molecule has 0 radical (unpaired) electrons. The summed E-state index contributed by atoms with van der Waals surface area (Å²) in [4.78, 5) is 32.2. The number of imidazole rings is 1. The van der Waals surface area contributed by atoms with Gasteiger partial charge in [-0.15, -0.1) is 0 Å². The van der Waals surface area contributed by atoms with Gasteiger partial charge in [0.15, 0.2) is 0 Å². The lowest BCUT2D eigenvalue weighted by Crippen LogP contribution is -2.50. The molecule has 0 fully saturated rings. The number of aliphatic carboxylic acids is 1. The summed E-state index contributed by atoms with van der Waals surface area (Å²) in [5, 5.41) is 12.1. The predicted octanol–water partition coefficient (Wildman–Crippen LogP) is 1.76. The Labute approximate surface area is 127 Å². The molecule has 2 heterocycles. The number of aryl methyl sites for hydroxylation is 1. The lowest BCUT2D eigenvalue weighted by Gasteiger charge is -2.32. The van der Waals surface area contributed by atoms with Crippen LogP contribution in [0, 0.1) is 6.92 Å². The van der Waals surface area contributed by atoms with Crippen LogP contribution in [0.4, 0.5) is 10.5 Å². The van der Waals surface area contributed by atoms with E-state index in [1.165, 1.54) is 11.2 Å².